The van der Waals surface area contributed by atoms with Gasteiger partial charge in [-0.2, -0.15) is 4.98 Å². The van der Waals surface area contributed by atoms with Gasteiger partial charge in [-0.05, 0) is 31.5 Å². The summed E-state index contributed by atoms with van der Waals surface area (Å²) in [4.78, 5) is 16.9. The highest BCUT2D eigenvalue weighted by molar-refractivity contribution is 7.98. The summed E-state index contributed by atoms with van der Waals surface area (Å²) in [6, 6.07) is 13.5. The molecule has 0 saturated carbocycles. The van der Waals surface area contributed by atoms with Crippen LogP contribution in [0.4, 0.5) is 10.3 Å². The Kier molecular flexibility index (Phi) is 5.94. The molecule has 0 fully saturated rings. The van der Waals surface area contributed by atoms with Crippen LogP contribution < -0.4 is 15.8 Å². The minimum absolute atomic E-state index is 0.269. The number of thioether (sulfide) groups is 1. The van der Waals surface area contributed by atoms with Crippen LogP contribution >= 0.6 is 11.8 Å². The number of halogens is 1. The normalized spacial score (nSPS) is 15.4. The molecule has 160 valence electrons. The molecule has 9 heteroatoms. The van der Waals surface area contributed by atoms with Crippen molar-refractivity contribution in [1.82, 2.24) is 14.8 Å². The first-order valence-electron chi connectivity index (χ1n) is 9.81. The highest BCUT2D eigenvalue weighted by Crippen LogP contribution is 2.39. The maximum atomic E-state index is 14.0. The smallest absolute Gasteiger partial charge is 0.248 e. The summed E-state index contributed by atoms with van der Waals surface area (Å²) in [5.74, 6) is 0.684. The predicted molar refractivity (Wildman–Crippen MR) is 117 cm³/mol. The fraction of sp³-hybridized carbons (Fsp3) is 0.227. The second kappa shape index (κ2) is 8.81. The van der Waals surface area contributed by atoms with Crippen LogP contribution in [0.5, 0.6) is 5.75 Å². The monoisotopic (exact) mass is 439 g/mol. The van der Waals surface area contributed by atoms with Gasteiger partial charge >= 0.3 is 0 Å². The molecule has 0 bridgehead atoms. The SMILES string of the molecule is CCOc1ccccc1[C@@H]1C(C(N)=O)=C(C)Nc2nc(SCc3ccccc3F)nn21. The first-order chi connectivity index (χ1) is 15.0. The number of primary amides is 1. The molecule has 1 amide bonds. The maximum Gasteiger partial charge on any atom is 0.248 e. The lowest BCUT2D eigenvalue weighted by Gasteiger charge is -2.28. The van der Waals surface area contributed by atoms with Crippen molar-refractivity contribution in [3.8, 4) is 5.75 Å². The van der Waals surface area contributed by atoms with Gasteiger partial charge in [0.2, 0.25) is 17.0 Å². The average Bonchev–Trinajstić information content (AvgIpc) is 3.15. The first-order valence-corrected chi connectivity index (χ1v) is 10.8. The Hall–Kier alpha value is -3.33. The summed E-state index contributed by atoms with van der Waals surface area (Å²) in [5, 5.41) is 8.18. The summed E-state index contributed by atoms with van der Waals surface area (Å²) < 4.78 is 21.4. The molecule has 0 saturated heterocycles. The van der Waals surface area contributed by atoms with Gasteiger partial charge in [0.25, 0.3) is 0 Å². The van der Waals surface area contributed by atoms with E-state index in [0.717, 1.165) is 5.56 Å². The predicted octanol–water partition coefficient (Wildman–Crippen LogP) is 3.88. The molecule has 7 nitrogen and oxygen atoms in total. The van der Waals surface area contributed by atoms with Gasteiger partial charge in [0.15, 0.2) is 0 Å². The molecule has 31 heavy (non-hydrogen) atoms. The molecule has 0 spiro atoms. The number of rotatable bonds is 7. The van der Waals surface area contributed by atoms with E-state index in [4.69, 9.17) is 10.5 Å². The number of anilines is 1. The van der Waals surface area contributed by atoms with Crippen molar-refractivity contribution in [1.29, 1.82) is 0 Å². The Morgan fingerprint density at radius 3 is 2.74 bits per heavy atom. The van der Waals surface area contributed by atoms with Crippen LogP contribution in [0.3, 0.4) is 0 Å². The number of aromatic nitrogens is 3. The van der Waals surface area contributed by atoms with Crippen LogP contribution in [0.2, 0.25) is 0 Å². The van der Waals surface area contributed by atoms with E-state index in [9.17, 15) is 9.18 Å². The fourth-order valence-corrected chi connectivity index (χ4v) is 4.37. The number of amides is 1. The van der Waals surface area contributed by atoms with Crippen molar-refractivity contribution in [3.63, 3.8) is 0 Å². The summed E-state index contributed by atoms with van der Waals surface area (Å²) in [6.07, 6.45) is 0. The van der Waals surface area contributed by atoms with E-state index in [1.165, 1.54) is 17.8 Å². The minimum Gasteiger partial charge on any atom is -0.494 e. The number of hydrogen-bond acceptors (Lipinski definition) is 6. The topological polar surface area (TPSA) is 95.1 Å². The highest BCUT2D eigenvalue weighted by atomic mass is 32.2. The van der Waals surface area contributed by atoms with Gasteiger partial charge in [-0.15, -0.1) is 5.10 Å². The molecule has 3 N–H and O–H groups in total. The van der Waals surface area contributed by atoms with E-state index in [0.29, 0.717) is 46.0 Å². The van der Waals surface area contributed by atoms with Gasteiger partial charge in [0.05, 0.1) is 12.2 Å². The number of benzene rings is 2. The molecule has 1 aromatic heterocycles. The lowest BCUT2D eigenvalue weighted by Crippen LogP contribution is -2.32. The summed E-state index contributed by atoms with van der Waals surface area (Å²) >= 11 is 1.31. The Balaban J connectivity index is 1.73. The van der Waals surface area contributed by atoms with Crippen LogP contribution in [0.25, 0.3) is 0 Å². The molecule has 2 aromatic carbocycles. The van der Waals surface area contributed by atoms with Crippen LogP contribution in [0.15, 0.2) is 65.0 Å². The Morgan fingerprint density at radius 1 is 1.26 bits per heavy atom. The van der Waals surface area contributed by atoms with Gasteiger partial charge in [-0.3, -0.25) is 4.79 Å². The van der Waals surface area contributed by atoms with E-state index in [1.807, 2.05) is 31.2 Å². The van der Waals surface area contributed by atoms with Crippen molar-refractivity contribution in [2.75, 3.05) is 11.9 Å². The Morgan fingerprint density at radius 2 is 2.00 bits per heavy atom. The third-order valence-electron chi connectivity index (χ3n) is 4.93. The third kappa shape index (κ3) is 4.13. The molecule has 0 aliphatic carbocycles. The first kappa shape index (κ1) is 20.9. The zero-order valence-corrected chi connectivity index (χ0v) is 17.9. The standard InChI is InChI=1S/C22H22FN5O2S/c1-3-30-17-11-7-5-9-15(17)19-18(20(24)29)13(2)25-21-26-22(27-28(19)21)31-12-14-8-4-6-10-16(14)23/h4-11,19H,3,12H2,1-2H3,(H2,24,29)(H,25,26,27)/t19-/m1/s1. The van der Waals surface area contributed by atoms with Gasteiger partial charge < -0.3 is 15.8 Å². The second-order valence-corrected chi connectivity index (χ2v) is 7.89. The fourth-order valence-electron chi connectivity index (χ4n) is 3.55. The summed E-state index contributed by atoms with van der Waals surface area (Å²) in [7, 11) is 0. The quantitative estimate of drug-likeness (QED) is 0.543. The van der Waals surface area contributed by atoms with E-state index >= 15 is 0 Å². The maximum absolute atomic E-state index is 14.0. The summed E-state index contributed by atoms with van der Waals surface area (Å²) in [5.41, 5.74) is 8.06. The largest absolute Gasteiger partial charge is 0.494 e. The molecule has 3 aromatic rings. The molecule has 1 aliphatic heterocycles. The number of nitrogens with one attached hydrogen (secondary N) is 1. The highest BCUT2D eigenvalue weighted by Gasteiger charge is 2.35. The van der Waals surface area contributed by atoms with Crippen molar-refractivity contribution in [3.05, 3.63) is 76.7 Å². The molecule has 1 aliphatic rings. The van der Waals surface area contributed by atoms with Gasteiger partial charge in [0, 0.05) is 17.0 Å². The molecular formula is C22H22FN5O2S. The molecular weight excluding hydrogens is 417 g/mol. The van der Waals surface area contributed by atoms with Crippen molar-refractivity contribution in [2.24, 2.45) is 5.73 Å². The third-order valence-corrected chi connectivity index (χ3v) is 5.81. The zero-order chi connectivity index (χ0) is 22.0. The molecule has 1 atom stereocenters. The second-order valence-electron chi connectivity index (χ2n) is 6.94. The molecule has 0 unspecified atom stereocenters. The van der Waals surface area contributed by atoms with Crippen LogP contribution in [-0.2, 0) is 10.5 Å². The van der Waals surface area contributed by atoms with Crippen molar-refractivity contribution in [2.45, 2.75) is 30.8 Å². The van der Waals surface area contributed by atoms with Crippen LogP contribution in [-0.4, -0.2) is 27.3 Å². The minimum atomic E-state index is -0.591. The summed E-state index contributed by atoms with van der Waals surface area (Å²) in [6.45, 7) is 4.15. The van der Waals surface area contributed by atoms with Gasteiger partial charge in [-0.1, -0.05) is 48.2 Å². The number of fused-ring (bicyclic) bond motifs is 1. The van der Waals surface area contributed by atoms with Crippen LogP contribution in [0, 0.1) is 5.82 Å². The number of carbonyl (C=O) groups excluding carboxylic acids is 1. The van der Waals surface area contributed by atoms with Gasteiger partial charge in [-0.25, -0.2) is 9.07 Å². The molecule has 4 rings (SSSR count). The van der Waals surface area contributed by atoms with E-state index in [1.54, 1.807) is 29.8 Å². The number of nitrogens with two attached hydrogens (primary N) is 1. The molecule has 0 radical (unpaired) electrons. The number of allylic oxidation sites excluding steroid dienone is 1. The number of nitrogens with zero attached hydrogens (tertiary/aromatic N) is 3. The van der Waals surface area contributed by atoms with Crippen molar-refractivity contribution >= 4 is 23.6 Å². The number of carbonyl (C=O) groups is 1. The average molecular weight is 440 g/mol. The number of ether oxygens (including phenoxy) is 1. The van der Waals surface area contributed by atoms with Crippen LogP contribution in [0.1, 0.15) is 31.0 Å². The van der Waals surface area contributed by atoms with Crippen molar-refractivity contribution < 1.29 is 13.9 Å². The lowest BCUT2D eigenvalue weighted by molar-refractivity contribution is -0.115. The van der Waals surface area contributed by atoms with E-state index in [2.05, 4.69) is 15.4 Å². The molecule has 2 heterocycles. The Labute approximate surface area is 183 Å². The zero-order valence-electron chi connectivity index (χ0n) is 17.1. The van der Waals surface area contributed by atoms with E-state index < -0.39 is 11.9 Å². The van der Waals surface area contributed by atoms with E-state index in [-0.39, 0.29) is 5.82 Å². The number of hydrogen-bond donors (Lipinski definition) is 2. The van der Waals surface area contributed by atoms with Gasteiger partial charge in [0.1, 0.15) is 17.6 Å². The Bertz CT molecular complexity index is 1160. The number of para-hydroxylation sites is 1. The lowest BCUT2D eigenvalue weighted by atomic mass is 9.94.